The van der Waals surface area contributed by atoms with E-state index < -0.39 is 5.82 Å². The van der Waals surface area contributed by atoms with Crippen LogP contribution in [0.3, 0.4) is 0 Å². The molecule has 1 aromatic carbocycles. The quantitative estimate of drug-likeness (QED) is 0.739. The largest absolute Gasteiger partial charge is 0.505 e. The summed E-state index contributed by atoms with van der Waals surface area (Å²) in [4.78, 5) is 0. The highest BCUT2D eigenvalue weighted by molar-refractivity contribution is 5.37. The summed E-state index contributed by atoms with van der Waals surface area (Å²) in [7, 11) is 0. The van der Waals surface area contributed by atoms with Crippen LogP contribution < -0.4 is 5.32 Å². The molecule has 1 aliphatic rings. The van der Waals surface area contributed by atoms with Gasteiger partial charge in [-0.1, -0.05) is 0 Å². The Morgan fingerprint density at radius 2 is 2.33 bits per heavy atom. The monoisotopic (exact) mass is 211 g/mol. The van der Waals surface area contributed by atoms with E-state index in [1.807, 2.05) is 6.92 Å². The zero-order valence-electron chi connectivity index (χ0n) is 8.59. The average Bonchev–Trinajstić information content (AvgIpc) is 2.25. The molecule has 82 valence electrons. The lowest BCUT2D eigenvalue weighted by molar-refractivity contribution is 0.0766. The van der Waals surface area contributed by atoms with E-state index >= 15 is 0 Å². The van der Waals surface area contributed by atoms with Crippen molar-refractivity contribution in [2.75, 3.05) is 19.8 Å². The standard InChI is InChI=1S/C11H14FNO2/c1-7-4-9(12)11(14)5-8(7)10-6-15-3-2-13-10/h4-5,10,13-14H,2-3,6H2,1H3. The Morgan fingerprint density at radius 1 is 1.53 bits per heavy atom. The van der Waals surface area contributed by atoms with Crippen LogP contribution in [0.1, 0.15) is 17.2 Å². The molecule has 15 heavy (non-hydrogen) atoms. The van der Waals surface area contributed by atoms with E-state index in [1.165, 1.54) is 12.1 Å². The molecular formula is C11H14FNO2. The second-order valence-corrected chi connectivity index (χ2v) is 3.74. The fourth-order valence-electron chi connectivity index (χ4n) is 1.82. The molecule has 4 heteroatoms. The normalized spacial score (nSPS) is 21.6. The third-order valence-electron chi connectivity index (χ3n) is 2.63. The van der Waals surface area contributed by atoms with Crippen LogP contribution in [-0.2, 0) is 4.74 Å². The number of hydrogen-bond acceptors (Lipinski definition) is 3. The van der Waals surface area contributed by atoms with Crippen molar-refractivity contribution in [1.29, 1.82) is 0 Å². The number of ether oxygens (including phenoxy) is 1. The lowest BCUT2D eigenvalue weighted by atomic mass is 10.0. The minimum atomic E-state index is -0.576. The van der Waals surface area contributed by atoms with Crippen LogP contribution >= 0.6 is 0 Å². The van der Waals surface area contributed by atoms with E-state index in [1.54, 1.807) is 0 Å². The van der Waals surface area contributed by atoms with Gasteiger partial charge in [-0.05, 0) is 30.2 Å². The van der Waals surface area contributed by atoms with E-state index in [2.05, 4.69) is 5.32 Å². The molecule has 1 unspecified atom stereocenters. The second kappa shape index (κ2) is 4.16. The second-order valence-electron chi connectivity index (χ2n) is 3.74. The lowest BCUT2D eigenvalue weighted by Crippen LogP contribution is -2.34. The summed E-state index contributed by atoms with van der Waals surface area (Å²) in [6, 6.07) is 2.86. The molecule has 1 fully saturated rings. The summed E-state index contributed by atoms with van der Waals surface area (Å²) >= 11 is 0. The summed E-state index contributed by atoms with van der Waals surface area (Å²) in [5.74, 6) is -0.879. The van der Waals surface area contributed by atoms with Crippen LogP contribution in [0.15, 0.2) is 12.1 Å². The van der Waals surface area contributed by atoms with Crippen molar-refractivity contribution in [1.82, 2.24) is 5.32 Å². The maximum Gasteiger partial charge on any atom is 0.165 e. The van der Waals surface area contributed by atoms with Crippen molar-refractivity contribution in [3.63, 3.8) is 0 Å². The molecule has 3 nitrogen and oxygen atoms in total. The van der Waals surface area contributed by atoms with Crippen LogP contribution in [-0.4, -0.2) is 24.9 Å². The maximum atomic E-state index is 13.0. The van der Waals surface area contributed by atoms with Crippen molar-refractivity contribution in [3.05, 3.63) is 29.1 Å². The predicted molar refractivity (Wildman–Crippen MR) is 54.4 cm³/mol. The van der Waals surface area contributed by atoms with E-state index in [0.717, 1.165) is 17.7 Å². The summed E-state index contributed by atoms with van der Waals surface area (Å²) in [6.07, 6.45) is 0. The van der Waals surface area contributed by atoms with Gasteiger partial charge in [-0.25, -0.2) is 4.39 Å². The molecule has 0 amide bonds. The summed E-state index contributed by atoms with van der Waals surface area (Å²) < 4.78 is 18.3. The number of halogens is 1. The Balaban J connectivity index is 2.30. The number of phenolic OH excluding ortho intramolecular Hbond substituents is 1. The van der Waals surface area contributed by atoms with Crippen molar-refractivity contribution in [2.24, 2.45) is 0 Å². The predicted octanol–water partition coefficient (Wildman–Crippen LogP) is 1.50. The number of hydrogen-bond donors (Lipinski definition) is 2. The van der Waals surface area contributed by atoms with Gasteiger partial charge in [0.1, 0.15) is 0 Å². The van der Waals surface area contributed by atoms with Crippen LogP contribution in [0.25, 0.3) is 0 Å². The Morgan fingerprint density at radius 3 is 3.00 bits per heavy atom. The fraction of sp³-hybridized carbons (Fsp3) is 0.455. The van der Waals surface area contributed by atoms with Crippen LogP contribution in [0.2, 0.25) is 0 Å². The van der Waals surface area contributed by atoms with Gasteiger partial charge in [-0.3, -0.25) is 0 Å². The van der Waals surface area contributed by atoms with Crippen molar-refractivity contribution >= 4 is 0 Å². The molecule has 1 aromatic rings. The van der Waals surface area contributed by atoms with E-state index in [0.29, 0.717) is 13.2 Å². The first-order valence-electron chi connectivity index (χ1n) is 4.98. The van der Waals surface area contributed by atoms with Crippen LogP contribution in [0.4, 0.5) is 4.39 Å². The zero-order chi connectivity index (χ0) is 10.8. The molecule has 2 rings (SSSR count). The first kappa shape index (κ1) is 10.4. The molecule has 1 aliphatic heterocycles. The molecule has 1 atom stereocenters. The van der Waals surface area contributed by atoms with Crippen LogP contribution in [0, 0.1) is 12.7 Å². The third-order valence-corrected chi connectivity index (χ3v) is 2.63. The maximum absolute atomic E-state index is 13.0. The third kappa shape index (κ3) is 2.11. The number of rotatable bonds is 1. The Bertz CT molecular complexity index is 362. The Hall–Kier alpha value is -1.13. The van der Waals surface area contributed by atoms with Crippen molar-refractivity contribution < 1.29 is 14.2 Å². The Labute approximate surface area is 87.9 Å². The van der Waals surface area contributed by atoms with E-state index in [9.17, 15) is 9.50 Å². The van der Waals surface area contributed by atoms with Gasteiger partial charge in [0.25, 0.3) is 0 Å². The number of nitrogens with one attached hydrogen (secondary N) is 1. The van der Waals surface area contributed by atoms with Gasteiger partial charge in [0, 0.05) is 6.54 Å². The molecule has 0 saturated carbocycles. The highest BCUT2D eigenvalue weighted by Crippen LogP contribution is 2.26. The van der Waals surface area contributed by atoms with Gasteiger partial charge in [-0.15, -0.1) is 0 Å². The Kier molecular flexibility index (Phi) is 2.88. The van der Waals surface area contributed by atoms with Gasteiger partial charge >= 0.3 is 0 Å². The fourth-order valence-corrected chi connectivity index (χ4v) is 1.82. The number of aromatic hydroxyl groups is 1. The number of benzene rings is 1. The summed E-state index contributed by atoms with van der Waals surface area (Å²) in [6.45, 7) is 3.87. The van der Waals surface area contributed by atoms with E-state index in [-0.39, 0.29) is 11.8 Å². The minimum absolute atomic E-state index is 0.0465. The molecule has 0 spiro atoms. The van der Waals surface area contributed by atoms with Gasteiger partial charge in [-0.2, -0.15) is 0 Å². The van der Waals surface area contributed by atoms with Gasteiger partial charge in [0.05, 0.1) is 19.3 Å². The molecule has 0 aliphatic carbocycles. The van der Waals surface area contributed by atoms with Gasteiger partial charge in [0.2, 0.25) is 0 Å². The highest BCUT2D eigenvalue weighted by atomic mass is 19.1. The summed E-state index contributed by atoms with van der Waals surface area (Å²) in [5.41, 5.74) is 1.72. The smallest absolute Gasteiger partial charge is 0.165 e. The average molecular weight is 211 g/mol. The van der Waals surface area contributed by atoms with Crippen LogP contribution in [0.5, 0.6) is 5.75 Å². The number of aryl methyl sites for hydroxylation is 1. The number of phenols is 1. The first-order chi connectivity index (χ1) is 7.18. The SMILES string of the molecule is Cc1cc(F)c(O)cc1C1COCCN1. The molecule has 2 N–H and O–H groups in total. The first-order valence-corrected chi connectivity index (χ1v) is 4.98. The molecule has 1 heterocycles. The number of morpholine rings is 1. The zero-order valence-corrected chi connectivity index (χ0v) is 8.59. The lowest BCUT2D eigenvalue weighted by Gasteiger charge is -2.25. The molecule has 0 radical (unpaired) electrons. The van der Waals surface area contributed by atoms with Crippen molar-refractivity contribution in [3.8, 4) is 5.75 Å². The molecule has 1 saturated heterocycles. The van der Waals surface area contributed by atoms with Gasteiger partial charge in [0.15, 0.2) is 11.6 Å². The molecule has 0 aromatic heterocycles. The highest BCUT2D eigenvalue weighted by Gasteiger charge is 2.18. The topological polar surface area (TPSA) is 41.5 Å². The molecule has 0 bridgehead atoms. The van der Waals surface area contributed by atoms with Crippen molar-refractivity contribution in [2.45, 2.75) is 13.0 Å². The van der Waals surface area contributed by atoms with Gasteiger partial charge < -0.3 is 15.2 Å². The summed E-state index contributed by atoms with van der Waals surface area (Å²) in [5, 5.41) is 12.6. The van der Waals surface area contributed by atoms with E-state index in [4.69, 9.17) is 4.74 Å². The molecular weight excluding hydrogens is 197 g/mol. The minimum Gasteiger partial charge on any atom is -0.505 e.